The number of esters is 1. The number of amides is 1. The second kappa shape index (κ2) is 7.12. The molecule has 0 aliphatic heterocycles. The molecule has 0 heterocycles. The molecule has 5 nitrogen and oxygen atoms in total. The number of halogens is 1. The van der Waals surface area contributed by atoms with Gasteiger partial charge in [0.1, 0.15) is 17.7 Å². The van der Waals surface area contributed by atoms with Crippen molar-refractivity contribution in [3.8, 4) is 0 Å². The second-order valence-electron chi connectivity index (χ2n) is 5.70. The van der Waals surface area contributed by atoms with Crippen molar-refractivity contribution in [1.29, 1.82) is 0 Å². The van der Waals surface area contributed by atoms with Gasteiger partial charge in [0.05, 0.1) is 0 Å². The number of carbonyl (C=O) groups is 2. The molecule has 0 bridgehead atoms. The molecule has 1 aliphatic carbocycles. The Bertz CT molecular complexity index is 321. The van der Waals surface area contributed by atoms with Gasteiger partial charge in [0.15, 0.2) is 0 Å². The quantitative estimate of drug-likeness (QED) is 0.633. The average Bonchev–Trinajstić information content (AvgIpc) is 2.75. The highest BCUT2D eigenvalue weighted by atomic mass is 79.9. The first-order chi connectivity index (χ1) is 8.81. The Morgan fingerprint density at radius 3 is 2.37 bits per heavy atom. The van der Waals surface area contributed by atoms with Crippen molar-refractivity contribution >= 4 is 28.0 Å². The Kier molecular flexibility index (Phi) is 6.10. The minimum atomic E-state index is -0.713. The van der Waals surface area contributed by atoms with Crippen LogP contribution in [0.25, 0.3) is 0 Å². The lowest BCUT2D eigenvalue weighted by Gasteiger charge is -2.23. The third-order valence-corrected chi connectivity index (χ3v) is 3.36. The van der Waals surface area contributed by atoms with Gasteiger partial charge < -0.3 is 14.8 Å². The first-order valence-electron chi connectivity index (χ1n) is 6.58. The van der Waals surface area contributed by atoms with Crippen LogP contribution in [0.2, 0.25) is 0 Å². The molecule has 1 N–H and O–H groups in total. The van der Waals surface area contributed by atoms with Crippen LogP contribution in [-0.2, 0) is 14.3 Å². The van der Waals surface area contributed by atoms with Crippen LogP contribution in [0.4, 0.5) is 4.79 Å². The maximum Gasteiger partial charge on any atom is 0.408 e. The van der Waals surface area contributed by atoms with Gasteiger partial charge in [0, 0.05) is 5.33 Å². The lowest BCUT2D eigenvalue weighted by Crippen LogP contribution is -2.46. The number of hydrogen-bond donors (Lipinski definition) is 1. The van der Waals surface area contributed by atoms with E-state index in [0.717, 1.165) is 25.7 Å². The highest BCUT2D eigenvalue weighted by Gasteiger charge is 2.27. The molecular formula is C13H22BrNO4. The summed E-state index contributed by atoms with van der Waals surface area (Å²) in [4.78, 5) is 23.5. The second-order valence-corrected chi connectivity index (χ2v) is 6.34. The van der Waals surface area contributed by atoms with Gasteiger partial charge in [-0.2, -0.15) is 0 Å². The van der Waals surface area contributed by atoms with Crippen LogP contribution >= 0.6 is 15.9 Å². The van der Waals surface area contributed by atoms with Crippen LogP contribution < -0.4 is 5.32 Å². The Morgan fingerprint density at radius 1 is 1.32 bits per heavy atom. The summed E-state index contributed by atoms with van der Waals surface area (Å²) < 4.78 is 10.5. The summed E-state index contributed by atoms with van der Waals surface area (Å²) in [5, 5.41) is 2.82. The van der Waals surface area contributed by atoms with Gasteiger partial charge in [-0.15, -0.1) is 0 Å². The predicted octanol–water partition coefficient (Wildman–Crippen LogP) is 2.76. The molecule has 0 aromatic carbocycles. The SMILES string of the molecule is CC(C)(C)OC(=O)NC(CBr)C(=O)OC1CCCC1. The molecule has 0 saturated heterocycles. The molecule has 19 heavy (non-hydrogen) atoms. The number of hydrogen-bond acceptors (Lipinski definition) is 4. The standard InChI is InChI=1S/C13H22BrNO4/c1-13(2,3)19-12(17)15-10(8-14)11(16)18-9-6-4-5-7-9/h9-10H,4-8H2,1-3H3,(H,15,17). The Hall–Kier alpha value is -0.780. The van der Waals surface area contributed by atoms with Crippen molar-refractivity contribution in [2.45, 2.75) is 64.2 Å². The number of ether oxygens (including phenoxy) is 2. The summed E-state index contributed by atoms with van der Waals surface area (Å²) in [6, 6.07) is -0.713. The zero-order valence-electron chi connectivity index (χ0n) is 11.7. The van der Waals surface area contributed by atoms with E-state index in [1.807, 2.05) is 0 Å². The van der Waals surface area contributed by atoms with Crippen molar-refractivity contribution in [2.75, 3.05) is 5.33 Å². The van der Waals surface area contributed by atoms with Crippen molar-refractivity contribution in [1.82, 2.24) is 5.32 Å². The summed E-state index contributed by atoms with van der Waals surface area (Å²) >= 11 is 3.20. The molecule has 6 heteroatoms. The van der Waals surface area contributed by atoms with Gasteiger partial charge in [-0.3, -0.25) is 0 Å². The molecule has 1 fully saturated rings. The predicted molar refractivity (Wildman–Crippen MR) is 75.3 cm³/mol. The van der Waals surface area contributed by atoms with E-state index < -0.39 is 23.7 Å². The molecule has 0 radical (unpaired) electrons. The molecule has 1 unspecified atom stereocenters. The number of alkyl halides is 1. The molecule has 1 rings (SSSR count). The number of alkyl carbamates (subject to hydrolysis) is 1. The van der Waals surface area contributed by atoms with E-state index in [2.05, 4.69) is 21.2 Å². The maximum absolute atomic E-state index is 11.9. The van der Waals surface area contributed by atoms with Crippen LogP contribution in [0.5, 0.6) is 0 Å². The molecule has 1 aliphatic rings. The fourth-order valence-electron chi connectivity index (χ4n) is 1.86. The minimum Gasteiger partial charge on any atom is -0.461 e. The van der Waals surface area contributed by atoms with E-state index in [-0.39, 0.29) is 6.10 Å². The molecule has 1 atom stereocenters. The van der Waals surface area contributed by atoms with Gasteiger partial charge in [-0.1, -0.05) is 15.9 Å². The molecule has 0 aromatic rings. The molecule has 1 amide bonds. The summed E-state index contributed by atoms with van der Waals surface area (Å²) in [5.74, 6) is -0.408. The normalized spacial score (nSPS) is 17.9. The van der Waals surface area contributed by atoms with Gasteiger partial charge in [-0.25, -0.2) is 9.59 Å². The summed E-state index contributed by atoms with van der Waals surface area (Å²) in [5.41, 5.74) is -0.587. The van der Waals surface area contributed by atoms with Gasteiger partial charge >= 0.3 is 12.1 Å². The Balaban J connectivity index is 2.43. The molecular weight excluding hydrogens is 314 g/mol. The van der Waals surface area contributed by atoms with Crippen molar-refractivity contribution in [2.24, 2.45) is 0 Å². The fraction of sp³-hybridized carbons (Fsp3) is 0.846. The highest BCUT2D eigenvalue weighted by Crippen LogP contribution is 2.21. The zero-order chi connectivity index (χ0) is 14.5. The van der Waals surface area contributed by atoms with Gasteiger partial charge in [0.2, 0.25) is 0 Å². The first-order valence-corrected chi connectivity index (χ1v) is 7.70. The number of rotatable bonds is 4. The fourth-order valence-corrected chi connectivity index (χ4v) is 2.29. The topological polar surface area (TPSA) is 64.6 Å². The maximum atomic E-state index is 11.9. The average molecular weight is 336 g/mol. The zero-order valence-corrected chi connectivity index (χ0v) is 13.3. The molecule has 110 valence electrons. The molecule has 1 saturated carbocycles. The lowest BCUT2D eigenvalue weighted by atomic mass is 10.2. The van der Waals surface area contributed by atoms with E-state index in [0.29, 0.717) is 5.33 Å². The minimum absolute atomic E-state index is 0.00511. The van der Waals surface area contributed by atoms with E-state index in [4.69, 9.17) is 9.47 Å². The van der Waals surface area contributed by atoms with Crippen LogP contribution in [0, 0.1) is 0 Å². The van der Waals surface area contributed by atoms with Crippen molar-refractivity contribution < 1.29 is 19.1 Å². The van der Waals surface area contributed by atoms with Crippen LogP contribution in [-0.4, -0.2) is 35.1 Å². The Morgan fingerprint density at radius 2 is 1.89 bits per heavy atom. The van der Waals surface area contributed by atoms with Gasteiger partial charge in [0.25, 0.3) is 0 Å². The lowest BCUT2D eigenvalue weighted by molar-refractivity contribution is -0.150. The highest BCUT2D eigenvalue weighted by molar-refractivity contribution is 9.09. The number of nitrogens with one attached hydrogen (secondary N) is 1. The Labute approximate surface area is 122 Å². The smallest absolute Gasteiger partial charge is 0.408 e. The molecule has 0 aromatic heterocycles. The summed E-state index contributed by atoms with van der Waals surface area (Å²) in [6.45, 7) is 5.31. The van der Waals surface area contributed by atoms with E-state index >= 15 is 0 Å². The van der Waals surface area contributed by atoms with E-state index in [9.17, 15) is 9.59 Å². The monoisotopic (exact) mass is 335 g/mol. The summed E-state index contributed by atoms with van der Waals surface area (Å²) in [7, 11) is 0. The number of carbonyl (C=O) groups excluding carboxylic acids is 2. The van der Waals surface area contributed by atoms with Crippen molar-refractivity contribution in [3.63, 3.8) is 0 Å². The van der Waals surface area contributed by atoms with E-state index in [1.165, 1.54) is 0 Å². The summed E-state index contributed by atoms with van der Waals surface area (Å²) in [6.07, 6.45) is 3.39. The van der Waals surface area contributed by atoms with Crippen molar-refractivity contribution in [3.05, 3.63) is 0 Å². The third-order valence-electron chi connectivity index (χ3n) is 2.71. The van der Waals surface area contributed by atoms with Crippen LogP contribution in [0.15, 0.2) is 0 Å². The molecule has 0 spiro atoms. The largest absolute Gasteiger partial charge is 0.461 e. The third kappa shape index (κ3) is 6.27. The van der Waals surface area contributed by atoms with Gasteiger partial charge in [-0.05, 0) is 46.5 Å². The van der Waals surface area contributed by atoms with Crippen LogP contribution in [0.1, 0.15) is 46.5 Å². The first kappa shape index (κ1) is 16.3. The van der Waals surface area contributed by atoms with Crippen LogP contribution in [0.3, 0.4) is 0 Å². The van der Waals surface area contributed by atoms with E-state index in [1.54, 1.807) is 20.8 Å².